The predicted octanol–water partition coefficient (Wildman–Crippen LogP) is 0.0235. The van der Waals surface area contributed by atoms with Crippen LogP contribution >= 0.6 is 0 Å². The van der Waals surface area contributed by atoms with Gasteiger partial charge in [0, 0.05) is 53.7 Å². The first-order valence-electron chi connectivity index (χ1n) is 11.0. The maximum absolute atomic E-state index is 13.1. The molecule has 12 heteroatoms. The van der Waals surface area contributed by atoms with Gasteiger partial charge >= 0.3 is 5.97 Å². The van der Waals surface area contributed by atoms with E-state index in [0.717, 1.165) is 16.5 Å². The topological polar surface area (TPSA) is 195 Å². The lowest BCUT2D eigenvalue weighted by molar-refractivity contribution is -0.142. The molecule has 182 valence electrons. The van der Waals surface area contributed by atoms with E-state index in [4.69, 9.17) is 5.73 Å². The monoisotopic (exact) mass is 478 g/mol. The normalized spacial score (nSPS) is 13.7. The summed E-state index contributed by atoms with van der Waals surface area (Å²) in [6, 6.07) is 4.46. The summed E-state index contributed by atoms with van der Waals surface area (Å²) in [5.74, 6) is -2.40. The van der Waals surface area contributed by atoms with E-state index in [1.165, 1.54) is 25.0 Å². The van der Waals surface area contributed by atoms with Crippen LogP contribution in [0.25, 0.3) is 10.9 Å². The molecule has 3 aromatic heterocycles. The van der Waals surface area contributed by atoms with Crippen molar-refractivity contribution >= 4 is 28.7 Å². The maximum Gasteiger partial charge on any atom is 0.326 e. The Labute approximate surface area is 199 Å². The molecule has 8 N–H and O–H groups in total. The third-order valence-corrected chi connectivity index (χ3v) is 5.66. The van der Waals surface area contributed by atoms with Gasteiger partial charge < -0.3 is 36.4 Å². The van der Waals surface area contributed by atoms with E-state index in [-0.39, 0.29) is 19.3 Å². The van der Waals surface area contributed by atoms with Crippen LogP contribution in [0, 0.1) is 0 Å². The minimum Gasteiger partial charge on any atom is -0.480 e. The summed E-state index contributed by atoms with van der Waals surface area (Å²) in [7, 11) is 0. The van der Waals surface area contributed by atoms with Gasteiger partial charge in [-0.25, -0.2) is 14.8 Å². The molecule has 0 saturated heterocycles. The zero-order chi connectivity index (χ0) is 24.8. The molecule has 4 aromatic rings. The van der Waals surface area contributed by atoms with E-state index in [2.05, 4.69) is 35.6 Å². The Hall–Kier alpha value is -4.45. The van der Waals surface area contributed by atoms with Crippen LogP contribution in [-0.4, -0.2) is 65.9 Å². The van der Waals surface area contributed by atoms with Crippen LogP contribution in [0.15, 0.2) is 55.5 Å². The van der Waals surface area contributed by atoms with Crippen LogP contribution in [0.5, 0.6) is 0 Å². The number of hydrogen-bond acceptors (Lipinski definition) is 6. The lowest BCUT2D eigenvalue weighted by Crippen LogP contribution is -2.56. The molecule has 0 bridgehead atoms. The molecule has 35 heavy (non-hydrogen) atoms. The minimum absolute atomic E-state index is 0.00583. The van der Waals surface area contributed by atoms with E-state index in [9.17, 15) is 19.5 Å². The number of carboxylic acids is 1. The van der Waals surface area contributed by atoms with Gasteiger partial charge in [-0.2, -0.15) is 0 Å². The molecular weight excluding hydrogens is 452 g/mol. The smallest absolute Gasteiger partial charge is 0.326 e. The van der Waals surface area contributed by atoms with Crippen molar-refractivity contribution in [3.05, 3.63) is 72.5 Å². The number of rotatable bonds is 11. The van der Waals surface area contributed by atoms with E-state index >= 15 is 0 Å². The number of para-hydroxylation sites is 1. The number of nitrogens with zero attached hydrogens (tertiary/aromatic N) is 2. The third-order valence-electron chi connectivity index (χ3n) is 5.66. The Morgan fingerprint density at radius 2 is 1.51 bits per heavy atom. The molecule has 0 aliphatic heterocycles. The van der Waals surface area contributed by atoms with Crippen LogP contribution in [0.3, 0.4) is 0 Å². The quantitative estimate of drug-likeness (QED) is 0.158. The second kappa shape index (κ2) is 10.7. The average Bonchev–Trinajstić information content (AvgIpc) is 3.61. The fourth-order valence-electron chi connectivity index (χ4n) is 3.82. The zero-order valence-corrected chi connectivity index (χ0v) is 18.7. The van der Waals surface area contributed by atoms with Crippen molar-refractivity contribution in [2.24, 2.45) is 5.73 Å². The van der Waals surface area contributed by atoms with Crippen molar-refractivity contribution in [3.8, 4) is 0 Å². The Bertz CT molecular complexity index is 1280. The zero-order valence-electron chi connectivity index (χ0n) is 18.7. The molecule has 3 unspecified atom stereocenters. The summed E-state index contributed by atoms with van der Waals surface area (Å²) in [5, 5.41) is 15.7. The summed E-state index contributed by atoms with van der Waals surface area (Å²) in [6.45, 7) is 0. The number of carbonyl (C=O) groups is 3. The molecule has 0 fully saturated rings. The number of benzene rings is 1. The second-order valence-electron chi connectivity index (χ2n) is 8.19. The molecule has 2 amide bonds. The first kappa shape index (κ1) is 23.7. The number of H-pyrrole nitrogens is 3. The third kappa shape index (κ3) is 5.92. The maximum atomic E-state index is 13.1. The second-order valence-corrected chi connectivity index (χ2v) is 8.19. The number of amides is 2. The van der Waals surface area contributed by atoms with E-state index in [1.807, 2.05) is 24.3 Å². The lowest BCUT2D eigenvalue weighted by atomic mass is 10.0. The summed E-state index contributed by atoms with van der Waals surface area (Å²) in [5.41, 5.74) is 9.13. The number of carboxylic acid groups (broad SMARTS) is 1. The highest BCUT2D eigenvalue weighted by atomic mass is 16.4. The highest BCUT2D eigenvalue weighted by Crippen LogP contribution is 2.18. The lowest BCUT2D eigenvalue weighted by Gasteiger charge is -2.22. The Morgan fingerprint density at radius 3 is 2.14 bits per heavy atom. The van der Waals surface area contributed by atoms with Crippen LogP contribution in [0.2, 0.25) is 0 Å². The summed E-state index contributed by atoms with van der Waals surface area (Å²) in [6.07, 6.45) is 8.03. The van der Waals surface area contributed by atoms with Gasteiger partial charge in [-0.1, -0.05) is 18.2 Å². The van der Waals surface area contributed by atoms with E-state index in [1.54, 1.807) is 6.20 Å². The van der Waals surface area contributed by atoms with Gasteiger partial charge in [-0.05, 0) is 18.1 Å². The van der Waals surface area contributed by atoms with Crippen molar-refractivity contribution < 1.29 is 19.5 Å². The molecule has 0 saturated carbocycles. The largest absolute Gasteiger partial charge is 0.480 e. The highest BCUT2D eigenvalue weighted by molar-refractivity contribution is 5.92. The van der Waals surface area contributed by atoms with Gasteiger partial charge in [0.2, 0.25) is 11.8 Å². The number of carbonyl (C=O) groups excluding carboxylic acids is 2. The van der Waals surface area contributed by atoms with Crippen molar-refractivity contribution in [3.63, 3.8) is 0 Å². The average molecular weight is 479 g/mol. The summed E-state index contributed by atoms with van der Waals surface area (Å²) >= 11 is 0. The first-order valence-corrected chi connectivity index (χ1v) is 11.0. The van der Waals surface area contributed by atoms with Crippen molar-refractivity contribution in [2.45, 2.75) is 37.4 Å². The number of fused-ring (bicyclic) bond motifs is 1. The van der Waals surface area contributed by atoms with Crippen molar-refractivity contribution in [1.82, 2.24) is 35.6 Å². The summed E-state index contributed by atoms with van der Waals surface area (Å²) < 4.78 is 0. The Morgan fingerprint density at radius 1 is 0.886 bits per heavy atom. The van der Waals surface area contributed by atoms with Gasteiger partial charge in [0.15, 0.2) is 0 Å². The highest BCUT2D eigenvalue weighted by Gasteiger charge is 2.29. The summed E-state index contributed by atoms with van der Waals surface area (Å²) in [4.78, 5) is 54.4. The molecule has 3 atom stereocenters. The number of hydrogen-bond donors (Lipinski definition) is 7. The molecule has 0 radical (unpaired) electrons. The molecular formula is C23H26N8O4. The van der Waals surface area contributed by atoms with Gasteiger partial charge in [0.25, 0.3) is 0 Å². The standard InChI is InChI=1S/C23H26N8O4/c24-17(5-13-8-27-18-4-2-1-3-16(13)18)21(32)30-19(6-14-9-25-11-28-14)22(33)31-20(23(34)35)7-15-10-26-12-29-15/h1-4,8-12,17,19-20,27H,5-7,24H2,(H,25,28)(H,26,29)(H,30,32)(H,31,33)(H,34,35). The van der Waals surface area contributed by atoms with E-state index < -0.39 is 35.9 Å². The number of aliphatic carboxylic acids is 1. The molecule has 4 rings (SSSR count). The molecule has 0 aliphatic rings. The SMILES string of the molecule is NC(Cc1c[nH]c2ccccc12)C(=O)NC(Cc1cnc[nH]1)C(=O)NC(Cc1cnc[nH]1)C(=O)O. The van der Waals surface area contributed by atoms with Crippen molar-refractivity contribution in [1.29, 1.82) is 0 Å². The first-order chi connectivity index (χ1) is 16.9. The van der Waals surface area contributed by atoms with Gasteiger partial charge in [0.1, 0.15) is 12.1 Å². The number of imidazole rings is 2. The van der Waals surface area contributed by atoms with Crippen LogP contribution in [0.1, 0.15) is 17.0 Å². The molecule has 12 nitrogen and oxygen atoms in total. The fraction of sp³-hybridized carbons (Fsp3) is 0.261. The number of aromatic amines is 3. The number of aromatic nitrogens is 5. The predicted molar refractivity (Wildman–Crippen MR) is 126 cm³/mol. The van der Waals surface area contributed by atoms with Crippen LogP contribution in [0.4, 0.5) is 0 Å². The molecule has 1 aromatic carbocycles. The van der Waals surface area contributed by atoms with Crippen LogP contribution in [-0.2, 0) is 33.6 Å². The minimum atomic E-state index is -1.22. The number of nitrogens with one attached hydrogen (secondary N) is 5. The van der Waals surface area contributed by atoms with Crippen molar-refractivity contribution in [2.75, 3.05) is 0 Å². The molecule has 0 aliphatic carbocycles. The van der Waals surface area contributed by atoms with E-state index in [0.29, 0.717) is 11.4 Å². The van der Waals surface area contributed by atoms with Gasteiger partial charge in [-0.3, -0.25) is 9.59 Å². The molecule has 3 heterocycles. The Balaban J connectivity index is 1.45. The number of nitrogens with two attached hydrogens (primary N) is 1. The Kier molecular flexibility index (Phi) is 7.21. The fourth-order valence-corrected chi connectivity index (χ4v) is 3.82. The van der Waals surface area contributed by atoms with Gasteiger partial charge in [0.05, 0.1) is 18.7 Å². The van der Waals surface area contributed by atoms with Gasteiger partial charge in [-0.15, -0.1) is 0 Å². The van der Waals surface area contributed by atoms with Crippen LogP contribution < -0.4 is 16.4 Å². The molecule has 0 spiro atoms.